The molecule has 1 heterocycles. The van der Waals surface area contributed by atoms with Crippen molar-refractivity contribution in [3.63, 3.8) is 0 Å². The van der Waals surface area contributed by atoms with Gasteiger partial charge in [0.25, 0.3) is 0 Å². The number of halogens is 1. The van der Waals surface area contributed by atoms with E-state index in [2.05, 4.69) is 15.3 Å². The van der Waals surface area contributed by atoms with Crippen LogP contribution >= 0.6 is 11.6 Å². The Bertz CT molecular complexity index is 766. The van der Waals surface area contributed by atoms with Gasteiger partial charge in [-0.15, -0.1) is 0 Å². The number of fused-ring (bicyclic) bond motifs is 1. The highest BCUT2D eigenvalue weighted by Crippen LogP contribution is 2.27. The van der Waals surface area contributed by atoms with E-state index in [0.29, 0.717) is 10.7 Å². The maximum absolute atomic E-state index is 6.01. The van der Waals surface area contributed by atoms with Gasteiger partial charge in [0.2, 0.25) is 0 Å². The van der Waals surface area contributed by atoms with E-state index in [4.69, 9.17) is 17.3 Å². The van der Waals surface area contributed by atoms with Gasteiger partial charge in [0.15, 0.2) is 0 Å². The third-order valence-corrected chi connectivity index (χ3v) is 3.19. The number of nitrogens with two attached hydrogens (primary N) is 1. The summed E-state index contributed by atoms with van der Waals surface area (Å²) in [5.74, 6) is 0.736. The van der Waals surface area contributed by atoms with Crippen molar-refractivity contribution in [2.75, 3.05) is 11.1 Å². The lowest BCUT2D eigenvalue weighted by Gasteiger charge is -2.10. The minimum absolute atomic E-state index is 0.585. The lowest BCUT2D eigenvalue weighted by atomic mass is 10.1. The molecule has 0 unspecified atom stereocenters. The third kappa shape index (κ3) is 2.51. The number of anilines is 3. The number of nitrogen functional groups attached to an aromatic ring is 1. The SMILES string of the molecule is Cc1ccc2ncnc(Nc3cc(N)cc(Cl)c3)c2c1. The molecule has 0 aliphatic carbocycles. The first kappa shape index (κ1) is 12.7. The Morgan fingerprint density at radius 2 is 1.95 bits per heavy atom. The van der Waals surface area contributed by atoms with E-state index < -0.39 is 0 Å². The van der Waals surface area contributed by atoms with Crippen molar-refractivity contribution in [3.05, 3.63) is 53.3 Å². The van der Waals surface area contributed by atoms with Gasteiger partial charge in [0.1, 0.15) is 12.1 Å². The molecular weight excluding hydrogens is 272 g/mol. The summed E-state index contributed by atoms with van der Waals surface area (Å²) in [6.07, 6.45) is 1.54. The average Bonchev–Trinajstić information content (AvgIpc) is 2.38. The fraction of sp³-hybridized carbons (Fsp3) is 0.0667. The Balaban J connectivity index is 2.08. The van der Waals surface area contributed by atoms with Crippen LogP contribution in [0.25, 0.3) is 10.9 Å². The molecule has 0 saturated heterocycles. The van der Waals surface area contributed by atoms with E-state index in [9.17, 15) is 0 Å². The Kier molecular flexibility index (Phi) is 3.16. The number of aromatic nitrogens is 2. The topological polar surface area (TPSA) is 63.8 Å². The number of hydrogen-bond donors (Lipinski definition) is 2. The monoisotopic (exact) mass is 284 g/mol. The maximum atomic E-state index is 6.01. The highest BCUT2D eigenvalue weighted by Gasteiger charge is 2.05. The molecule has 4 nitrogen and oxygen atoms in total. The van der Waals surface area contributed by atoms with Crippen LogP contribution in [0, 0.1) is 6.92 Å². The van der Waals surface area contributed by atoms with Gasteiger partial charge in [0.05, 0.1) is 5.52 Å². The summed E-state index contributed by atoms with van der Waals surface area (Å²) in [5.41, 5.74) is 9.25. The summed E-state index contributed by atoms with van der Waals surface area (Å²) < 4.78 is 0. The second-order valence-corrected chi connectivity index (χ2v) is 5.08. The van der Waals surface area contributed by atoms with Crippen LogP contribution < -0.4 is 11.1 Å². The van der Waals surface area contributed by atoms with Crippen molar-refractivity contribution in [2.24, 2.45) is 0 Å². The van der Waals surface area contributed by atoms with Gasteiger partial charge in [-0.1, -0.05) is 23.2 Å². The number of nitrogens with zero attached hydrogens (tertiary/aromatic N) is 2. The van der Waals surface area contributed by atoms with E-state index in [1.807, 2.05) is 37.3 Å². The van der Waals surface area contributed by atoms with Crippen LogP contribution in [0.3, 0.4) is 0 Å². The maximum Gasteiger partial charge on any atom is 0.141 e. The number of hydrogen-bond acceptors (Lipinski definition) is 4. The van der Waals surface area contributed by atoms with Crippen LogP contribution in [0.15, 0.2) is 42.7 Å². The quantitative estimate of drug-likeness (QED) is 0.700. The van der Waals surface area contributed by atoms with Gasteiger partial charge >= 0.3 is 0 Å². The molecule has 1 aromatic heterocycles. The van der Waals surface area contributed by atoms with Gasteiger partial charge in [-0.3, -0.25) is 0 Å². The van der Waals surface area contributed by atoms with Crippen molar-refractivity contribution in [3.8, 4) is 0 Å². The summed E-state index contributed by atoms with van der Waals surface area (Å²) in [7, 11) is 0. The minimum atomic E-state index is 0.585. The normalized spacial score (nSPS) is 10.7. The molecule has 3 N–H and O–H groups in total. The standard InChI is InChI=1S/C15H13ClN4/c1-9-2-3-14-13(4-9)15(19-8-18-14)20-12-6-10(16)5-11(17)7-12/h2-8H,17H2,1H3,(H,18,19,20). The molecule has 3 rings (SSSR count). The first-order chi connectivity index (χ1) is 9.61. The van der Waals surface area contributed by atoms with E-state index >= 15 is 0 Å². The summed E-state index contributed by atoms with van der Waals surface area (Å²) >= 11 is 6.01. The first-order valence-corrected chi connectivity index (χ1v) is 6.54. The van der Waals surface area contributed by atoms with Gasteiger partial charge < -0.3 is 11.1 Å². The van der Waals surface area contributed by atoms with E-state index in [1.54, 1.807) is 6.07 Å². The van der Waals surface area contributed by atoms with Crippen LogP contribution in [-0.2, 0) is 0 Å². The molecule has 3 aromatic rings. The molecule has 20 heavy (non-hydrogen) atoms. The Morgan fingerprint density at radius 1 is 1.10 bits per heavy atom. The van der Waals surface area contributed by atoms with Crippen LogP contribution in [0.5, 0.6) is 0 Å². The molecule has 0 aliphatic rings. The molecule has 100 valence electrons. The molecule has 0 fully saturated rings. The number of nitrogens with one attached hydrogen (secondary N) is 1. The molecule has 0 saturated carbocycles. The van der Waals surface area contributed by atoms with Crippen LogP contribution in [0.1, 0.15) is 5.56 Å². The average molecular weight is 285 g/mol. The summed E-state index contributed by atoms with van der Waals surface area (Å²) in [4.78, 5) is 8.55. The molecule has 5 heteroatoms. The van der Waals surface area contributed by atoms with Crippen molar-refractivity contribution >= 4 is 39.7 Å². The van der Waals surface area contributed by atoms with E-state index in [1.165, 1.54) is 6.33 Å². The second kappa shape index (κ2) is 4.98. The Labute approximate surface area is 121 Å². The minimum Gasteiger partial charge on any atom is -0.399 e. The lowest BCUT2D eigenvalue weighted by molar-refractivity contribution is 1.22. The molecule has 2 aromatic carbocycles. The highest BCUT2D eigenvalue weighted by atomic mass is 35.5. The van der Waals surface area contributed by atoms with Crippen LogP contribution in [0.2, 0.25) is 5.02 Å². The molecule has 0 bridgehead atoms. The summed E-state index contributed by atoms with van der Waals surface area (Å²) in [6.45, 7) is 2.04. The molecule has 0 spiro atoms. The number of rotatable bonds is 2. The predicted octanol–water partition coefficient (Wildman–Crippen LogP) is 3.92. The van der Waals surface area contributed by atoms with Crippen molar-refractivity contribution in [1.82, 2.24) is 9.97 Å². The molecule has 0 atom stereocenters. The zero-order valence-electron chi connectivity index (χ0n) is 10.9. The van der Waals surface area contributed by atoms with Crippen molar-refractivity contribution in [2.45, 2.75) is 6.92 Å². The number of aryl methyl sites for hydroxylation is 1. The molecular formula is C15H13ClN4. The third-order valence-electron chi connectivity index (χ3n) is 2.97. The van der Waals surface area contributed by atoms with Gasteiger partial charge in [-0.25, -0.2) is 9.97 Å². The first-order valence-electron chi connectivity index (χ1n) is 6.16. The second-order valence-electron chi connectivity index (χ2n) is 4.64. The lowest BCUT2D eigenvalue weighted by Crippen LogP contribution is -1.97. The van der Waals surface area contributed by atoms with Gasteiger partial charge in [-0.2, -0.15) is 0 Å². The van der Waals surface area contributed by atoms with Crippen LogP contribution in [0.4, 0.5) is 17.2 Å². The van der Waals surface area contributed by atoms with E-state index in [0.717, 1.165) is 28.0 Å². The largest absolute Gasteiger partial charge is 0.399 e. The predicted molar refractivity (Wildman–Crippen MR) is 83.4 cm³/mol. The smallest absolute Gasteiger partial charge is 0.141 e. The van der Waals surface area contributed by atoms with Crippen LogP contribution in [-0.4, -0.2) is 9.97 Å². The zero-order chi connectivity index (χ0) is 14.1. The molecule has 0 amide bonds. The number of benzene rings is 2. The van der Waals surface area contributed by atoms with Crippen molar-refractivity contribution < 1.29 is 0 Å². The summed E-state index contributed by atoms with van der Waals surface area (Å²) in [5, 5.41) is 4.79. The van der Waals surface area contributed by atoms with Gasteiger partial charge in [-0.05, 0) is 37.3 Å². The van der Waals surface area contributed by atoms with Gasteiger partial charge in [0, 0.05) is 21.8 Å². The van der Waals surface area contributed by atoms with E-state index in [-0.39, 0.29) is 0 Å². The molecule has 0 radical (unpaired) electrons. The summed E-state index contributed by atoms with van der Waals surface area (Å²) in [6, 6.07) is 11.4. The van der Waals surface area contributed by atoms with Crippen molar-refractivity contribution in [1.29, 1.82) is 0 Å². The Hall–Kier alpha value is -2.33. The Morgan fingerprint density at radius 3 is 2.75 bits per heavy atom. The highest BCUT2D eigenvalue weighted by molar-refractivity contribution is 6.31. The zero-order valence-corrected chi connectivity index (χ0v) is 11.6. The molecule has 0 aliphatic heterocycles. The fourth-order valence-electron chi connectivity index (χ4n) is 2.09. The fourth-order valence-corrected chi connectivity index (χ4v) is 2.33.